The minimum Gasteiger partial charge on any atom is -0.381 e. The Labute approximate surface area is 116 Å². The zero-order valence-electron chi connectivity index (χ0n) is 12.1. The van der Waals surface area contributed by atoms with Crippen LogP contribution in [0.2, 0.25) is 0 Å². The molecule has 2 nitrogen and oxygen atoms in total. The van der Waals surface area contributed by atoms with Crippen molar-refractivity contribution in [2.45, 2.75) is 63.1 Å². The summed E-state index contributed by atoms with van der Waals surface area (Å²) >= 11 is 0. The molecule has 0 aliphatic heterocycles. The fraction of sp³-hybridized carbons (Fsp3) is 0.647. The summed E-state index contributed by atoms with van der Waals surface area (Å²) in [6.45, 7) is 2.18. The molecule has 2 aliphatic carbocycles. The third kappa shape index (κ3) is 3.01. The van der Waals surface area contributed by atoms with Crippen molar-refractivity contribution < 1.29 is 4.74 Å². The normalized spacial score (nSPS) is 34.2. The molecule has 2 aliphatic rings. The van der Waals surface area contributed by atoms with Crippen molar-refractivity contribution in [1.29, 1.82) is 0 Å². The fourth-order valence-corrected chi connectivity index (χ4v) is 3.59. The first-order valence-corrected chi connectivity index (χ1v) is 7.60. The van der Waals surface area contributed by atoms with Crippen LogP contribution in [0.4, 0.5) is 0 Å². The summed E-state index contributed by atoms with van der Waals surface area (Å²) in [6.07, 6.45) is 6.80. The van der Waals surface area contributed by atoms with Gasteiger partial charge in [-0.25, -0.2) is 0 Å². The first-order chi connectivity index (χ1) is 9.24. The molecule has 2 atom stereocenters. The van der Waals surface area contributed by atoms with Crippen molar-refractivity contribution in [3.63, 3.8) is 0 Å². The van der Waals surface area contributed by atoms with Gasteiger partial charge >= 0.3 is 0 Å². The molecule has 1 N–H and O–H groups in total. The van der Waals surface area contributed by atoms with Gasteiger partial charge in [-0.05, 0) is 50.5 Å². The monoisotopic (exact) mass is 259 g/mol. The van der Waals surface area contributed by atoms with Crippen LogP contribution in [0.15, 0.2) is 24.3 Å². The highest BCUT2D eigenvalue weighted by Crippen LogP contribution is 2.38. The maximum absolute atomic E-state index is 5.44. The Balaban J connectivity index is 1.46. The average Bonchev–Trinajstić information content (AvgIpc) is 2.81. The summed E-state index contributed by atoms with van der Waals surface area (Å²) in [5, 5.41) is 3.81. The molecule has 104 valence electrons. The summed E-state index contributed by atoms with van der Waals surface area (Å²) in [7, 11) is 1.84. The molecule has 0 spiro atoms. The van der Waals surface area contributed by atoms with E-state index in [0.29, 0.717) is 12.1 Å². The molecular weight excluding hydrogens is 234 g/mol. The first kappa shape index (κ1) is 13.1. The molecule has 2 unspecified atom stereocenters. The standard InChI is InChI=1S/C17H25NO/c1-12-4-3-5-13(8-12)14-9-16(10-14)18-15-6-7-17(11-15)19-2/h3-5,8,14-18H,6-7,9-11H2,1-2H3. The van der Waals surface area contributed by atoms with Gasteiger partial charge in [-0.15, -0.1) is 0 Å². The second-order valence-corrected chi connectivity index (χ2v) is 6.31. The second kappa shape index (κ2) is 5.64. The number of hydrogen-bond donors (Lipinski definition) is 1. The van der Waals surface area contributed by atoms with Crippen LogP contribution in [0, 0.1) is 6.92 Å². The van der Waals surface area contributed by atoms with E-state index in [9.17, 15) is 0 Å². The van der Waals surface area contributed by atoms with Gasteiger partial charge in [0.15, 0.2) is 0 Å². The number of nitrogens with one attached hydrogen (secondary N) is 1. The number of aryl methyl sites for hydroxylation is 1. The molecule has 0 saturated heterocycles. The van der Waals surface area contributed by atoms with E-state index in [1.807, 2.05) is 7.11 Å². The largest absolute Gasteiger partial charge is 0.381 e. The predicted octanol–water partition coefficient (Wildman–Crippen LogP) is 3.40. The van der Waals surface area contributed by atoms with Crippen molar-refractivity contribution in [2.24, 2.45) is 0 Å². The summed E-state index contributed by atoms with van der Waals surface area (Å²) in [5.74, 6) is 0.775. The molecule has 0 radical (unpaired) electrons. The zero-order valence-corrected chi connectivity index (χ0v) is 12.1. The third-order valence-corrected chi connectivity index (χ3v) is 4.84. The molecule has 19 heavy (non-hydrogen) atoms. The molecule has 2 fully saturated rings. The second-order valence-electron chi connectivity index (χ2n) is 6.31. The number of hydrogen-bond acceptors (Lipinski definition) is 2. The Kier molecular flexibility index (Phi) is 3.90. The molecule has 1 aromatic carbocycles. The van der Waals surface area contributed by atoms with E-state index in [2.05, 4.69) is 36.5 Å². The lowest BCUT2D eigenvalue weighted by Gasteiger charge is -2.38. The van der Waals surface area contributed by atoms with Crippen molar-refractivity contribution in [2.75, 3.05) is 7.11 Å². The van der Waals surface area contributed by atoms with Crippen LogP contribution in [0.25, 0.3) is 0 Å². The van der Waals surface area contributed by atoms with E-state index < -0.39 is 0 Å². The van der Waals surface area contributed by atoms with E-state index in [1.54, 1.807) is 0 Å². The number of methoxy groups -OCH3 is 1. The molecule has 2 saturated carbocycles. The lowest BCUT2D eigenvalue weighted by atomic mass is 9.75. The van der Waals surface area contributed by atoms with Gasteiger partial charge in [0.2, 0.25) is 0 Å². The number of benzene rings is 1. The van der Waals surface area contributed by atoms with E-state index in [-0.39, 0.29) is 0 Å². The van der Waals surface area contributed by atoms with Gasteiger partial charge < -0.3 is 10.1 Å². The Bertz CT molecular complexity index is 425. The molecule has 0 heterocycles. The summed E-state index contributed by atoms with van der Waals surface area (Å²) in [5.41, 5.74) is 2.91. The highest BCUT2D eigenvalue weighted by atomic mass is 16.5. The van der Waals surface area contributed by atoms with Gasteiger partial charge in [-0.3, -0.25) is 0 Å². The van der Waals surface area contributed by atoms with E-state index in [0.717, 1.165) is 12.0 Å². The summed E-state index contributed by atoms with van der Waals surface area (Å²) in [6, 6.07) is 10.4. The van der Waals surface area contributed by atoms with Gasteiger partial charge in [0, 0.05) is 19.2 Å². The zero-order chi connectivity index (χ0) is 13.2. The molecular formula is C17H25NO. The molecule has 3 rings (SSSR count). The molecule has 0 amide bonds. The summed E-state index contributed by atoms with van der Waals surface area (Å²) < 4.78 is 5.44. The van der Waals surface area contributed by atoms with Crippen molar-refractivity contribution in [3.8, 4) is 0 Å². The number of rotatable bonds is 4. The third-order valence-electron chi connectivity index (χ3n) is 4.84. The Morgan fingerprint density at radius 1 is 1.11 bits per heavy atom. The molecule has 0 aromatic heterocycles. The Morgan fingerprint density at radius 2 is 1.95 bits per heavy atom. The smallest absolute Gasteiger partial charge is 0.0586 e. The number of ether oxygens (including phenoxy) is 1. The van der Waals surface area contributed by atoms with Crippen molar-refractivity contribution in [1.82, 2.24) is 5.32 Å². The van der Waals surface area contributed by atoms with Gasteiger partial charge in [-0.1, -0.05) is 29.8 Å². The van der Waals surface area contributed by atoms with E-state index in [1.165, 1.54) is 43.2 Å². The van der Waals surface area contributed by atoms with Gasteiger partial charge in [-0.2, -0.15) is 0 Å². The molecule has 0 bridgehead atoms. The van der Waals surface area contributed by atoms with Crippen molar-refractivity contribution >= 4 is 0 Å². The quantitative estimate of drug-likeness (QED) is 0.895. The SMILES string of the molecule is COC1CCC(NC2CC(c3cccc(C)c3)C2)C1. The van der Waals surface area contributed by atoms with Crippen LogP contribution in [0.3, 0.4) is 0 Å². The lowest BCUT2D eigenvalue weighted by molar-refractivity contribution is 0.105. The molecule has 2 heteroatoms. The molecule has 1 aromatic rings. The first-order valence-electron chi connectivity index (χ1n) is 7.60. The van der Waals surface area contributed by atoms with Crippen LogP contribution in [-0.2, 0) is 4.74 Å². The summed E-state index contributed by atoms with van der Waals surface area (Å²) in [4.78, 5) is 0. The topological polar surface area (TPSA) is 21.3 Å². The average molecular weight is 259 g/mol. The van der Waals surface area contributed by atoms with Crippen LogP contribution < -0.4 is 5.32 Å². The van der Waals surface area contributed by atoms with E-state index >= 15 is 0 Å². The van der Waals surface area contributed by atoms with Crippen LogP contribution in [-0.4, -0.2) is 25.3 Å². The maximum atomic E-state index is 5.44. The Hall–Kier alpha value is -0.860. The van der Waals surface area contributed by atoms with Crippen molar-refractivity contribution in [3.05, 3.63) is 35.4 Å². The van der Waals surface area contributed by atoms with Crippen LogP contribution in [0.5, 0.6) is 0 Å². The minimum absolute atomic E-state index is 0.491. The highest BCUT2D eigenvalue weighted by molar-refractivity contribution is 5.27. The van der Waals surface area contributed by atoms with Crippen LogP contribution >= 0.6 is 0 Å². The predicted molar refractivity (Wildman–Crippen MR) is 78.5 cm³/mol. The van der Waals surface area contributed by atoms with Gasteiger partial charge in [0.1, 0.15) is 0 Å². The van der Waals surface area contributed by atoms with Gasteiger partial charge in [0.25, 0.3) is 0 Å². The van der Waals surface area contributed by atoms with Gasteiger partial charge in [0.05, 0.1) is 6.10 Å². The maximum Gasteiger partial charge on any atom is 0.0586 e. The lowest BCUT2D eigenvalue weighted by Crippen LogP contribution is -2.44. The van der Waals surface area contributed by atoms with Crippen LogP contribution in [0.1, 0.15) is 49.1 Å². The minimum atomic E-state index is 0.491. The fourth-order valence-electron chi connectivity index (χ4n) is 3.59. The van der Waals surface area contributed by atoms with E-state index in [4.69, 9.17) is 4.74 Å². The highest BCUT2D eigenvalue weighted by Gasteiger charge is 2.33. The Morgan fingerprint density at radius 3 is 2.63 bits per heavy atom.